The third kappa shape index (κ3) is 4.50. The fourth-order valence-electron chi connectivity index (χ4n) is 3.25. The van der Waals surface area contributed by atoms with E-state index in [2.05, 4.69) is 36.1 Å². The summed E-state index contributed by atoms with van der Waals surface area (Å²) in [4.78, 5) is 4.82. The van der Waals surface area contributed by atoms with E-state index in [-0.39, 0.29) is 11.9 Å². The van der Waals surface area contributed by atoms with Crippen molar-refractivity contribution in [3.05, 3.63) is 35.6 Å². The molecule has 4 heteroatoms. The van der Waals surface area contributed by atoms with Crippen molar-refractivity contribution in [1.29, 1.82) is 0 Å². The molecule has 3 nitrogen and oxygen atoms in total. The molecule has 2 rings (SSSR count). The number of benzene rings is 1. The van der Waals surface area contributed by atoms with Crippen LogP contribution in [0.4, 0.5) is 4.39 Å². The van der Waals surface area contributed by atoms with Crippen LogP contribution in [0.1, 0.15) is 18.9 Å². The lowest BCUT2D eigenvalue weighted by molar-refractivity contribution is 0.177. The monoisotopic (exact) mass is 293 g/mol. The molecule has 1 aromatic rings. The van der Waals surface area contributed by atoms with Crippen molar-refractivity contribution in [2.24, 2.45) is 0 Å². The quantitative estimate of drug-likeness (QED) is 0.895. The molecular formula is C17H28FN3. The van der Waals surface area contributed by atoms with E-state index < -0.39 is 0 Å². The first-order valence-electron chi connectivity index (χ1n) is 7.97. The zero-order chi connectivity index (χ0) is 15.2. The van der Waals surface area contributed by atoms with Crippen LogP contribution in [0.3, 0.4) is 0 Å². The molecule has 0 radical (unpaired) electrons. The molecule has 1 heterocycles. The van der Waals surface area contributed by atoms with E-state index in [9.17, 15) is 4.39 Å². The number of hydrogen-bond donors (Lipinski definition) is 1. The highest BCUT2D eigenvalue weighted by Crippen LogP contribution is 2.16. The summed E-state index contributed by atoms with van der Waals surface area (Å²) in [7, 11) is 4.37. The first-order chi connectivity index (χ1) is 10.1. The number of rotatable bonds is 5. The topological polar surface area (TPSA) is 18.5 Å². The summed E-state index contributed by atoms with van der Waals surface area (Å²) in [5.41, 5.74) is 0.809. The maximum atomic E-state index is 14.0. The molecular weight excluding hydrogens is 265 g/mol. The molecule has 21 heavy (non-hydrogen) atoms. The molecule has 1 N–H and O–H groups in total. The van der Waals surface area contributed by atoms with E-state index in [4.69, 9.17) is 0 Å². The van der Waals surface area contributed by atoms with Crippen LogP contribution in [0.2, 0.25) is 0 Å². The Labute approximate surface area is 128 Å². The lowest BCUT2D eigenvalue weighted by atomic mass is 9.97. The van der Waals surface area contributed by atoms with Crippen LogP contribution < -0.4 is 5.32 Å². The average Bonchev–Trinajstić information content (AvgIpc) is 2.62. The van der Waals surface area contributed by atoms with Gasteiger partial charge in [-0.25, -0.2) is 4.39 Å². The van der Waals surface area contributed by atoms with Crippen LogP contribution >= 0.6 is 0 Å². The van der Waals surface area contributed by atoms with Gasteiger partial charge >= 0.3 is 0 Å². The molecule has 1 aromatic carbocycles. The predicted molar refractivity (Wildman–Crippen MR) is 86.1 cm³/mol. The molecule has 1 aliphatic rings. The van der Waals surface area contributed by atoms with E-state index in [0.29, 0.717) is 6.04 Å². The first-order valence-corrected chi connectivity index (χ1v) is 7.97. The van der Waals surface area contributed by atoms with Crippen LogP contribution in [0.15, 0.2) is 24.3 Å². The Hall–Kier alpha value is -0.970. The Morgan fingerprint density at radius 2 is 2.05 bits per heavy atom. The highest BCUT2D eigenvalue weighted by atomic mass is 19.1. The molecule has 0 saturated carbocycles. The Morgan fingerprint density at radius 1 is 1.29 bits per heavy atom. The van der Waals surface area contributed by atoms with Gasteiger partial charge in [0.15, 0.2) is 0 Å². The SMILES string of the molecule is CCNC(Cc1ccccc1F)C1CN(C)CCCN1C. The summed E-state index contributed by atoms with van der Waals surface area (Å²) in [6, 6.07) is 7.83. The second kappa shape index (κ2) is 7.87. The van der Waals surface area contributed by atoms with Crippen molar-refractivity contribution in [2.45, 2.75) is 31.8 Å². The van der Waals surface area contributed by atoms with Gasteiger partial charge in [-0.05, 0) is 58.2 Å². The van der Waals surface area contributed by atoms with Gasteiger partial charge in [0.1, 0.15) is 5.82 Å². The predicted octanol–water partition coefficient (Wildman–Crippen LogP) is 1.98. The van der Waals surface area contributed by atoms with Crippen molar-refractivity contribution in [3.63, 3.8) is 0 Å². The third-order valence-electron chi connectivity index (χ3n) is 4.44. The van der Waals surface area contributed by atoms with E-state index in [0.717, 1.165) is 38.2 Å². The lowest BCUT2D eigenvalue weighted by Crippen LogP contribution is -2.53. The minimum absolute atomic E-state index is 0.0926. The summed E-state index contributed by atoms with van der Waals surface area (Å²) in [5, 5.41) is 3.57. The van der Waals surface area contributed by atoms with Gasteiger partial charge in [0.2, 0.25) is 0 Å². The average molecular weight is 293 g/mol. The van der Waals surface area contributed by atoms with Crippen LogP contribution in [0, 0.1) is 5.82 Å². The van der Waals surface area contributed by atoms with Crippen LogP contribution in [-0.2, 0) is 6.42 Å². The lowest BCUT2D eigenvalue weighted by Gasteiger charge is -2.35. The molecule has 0 spiro atoms. The molecule has 0 aliphatic carbocycles. The Kier molecular flexibility index (Phi) is 6.15. The van der Waals surface area contributed by atoms with Crippen molar-refractivity contribution in [2.75, 3.05) is 40.3 Å². The molecule has 0 bridgehead atoms. The molecule has 2 atom stereocenters. The molecule has 0 aromatic heterocycles. The van der Waals surface area contributed by atoms with Gasteiger partial charge in [-0.15, -0.1) is 0 Å². The van der Waals surface area contributed by atoms with E-state index in [1.807, 2.05) is 12.1 Å². The molecule has 118 valence electrons. The summed E-state index contributed by atoms with van der Waals surface area (Å²) in [6.07, 6.45) is 1.94. The Balaban J connectivity index is 2.14. The maximum Gasteiger partial charge on any atom is 0.126 e. The van der Waals surface area contributed by atoms with E-state index in [1.165, 1.54) is 6.42 Å². The molecule has 1 fully saturated rings. The van der Waals surface area contributed by atoms with Gasteiger partial charge in [-0.2, -0.15) is 0 Å². The zero-order valence-electron chi connectivity index (χ0n) is 13.5. The first kappa shape index (κ1) is 16.4. The van der Waals surface area contributed by atoms with Gasteiger partial charge < -0.3 is 15.1 Å². The minimum atomic E-state index is -0.0926. The molecule has 1 saturated heterocycles. The third-order valence-corrected chi connectivity index (χ3v) is 4.44. The normalized spacial score (nSPS) is 23.0. The zero-order valence-corrected chi connectivity index (χ0v) is 13.5. The van der Waals surface area contributed by atoms with Crippen molar-refractivity contribution in [3.8, 4) is 0 Å². The van der Waals surface area contributed by atoms with Crippen molar-refractivity contribution in [1.82, 2.24) is 15.1 Å². The van der Waals surface area contributed by atoms with Gasteiger partial charge in [0, 0.05) is 18.6 Å². The van der Waals surface area contributed by atoms with Crippen LogP contribution in [0.25, 0.3) is 0 Å². The summed E-state index contributed by atoms with van der Waals surface area (Å²) in [5.74, 6) is -0.0926. The van der Waals surface area contributed by atoms with Gasteiger partial charge in [-0.3, -0.25) is 0 Å². The molecule has 1 aliphatic heterocycles. The highest BCUT2D eigenvalue weighted by Gasteiger charge is 2.28. The number of nitrogens with zero attached hydrogens (tertiary/aromatic N) is 2. The van der Waals surface area contributed by atoms with Crippen LogP contribution in [-0.4, -0.2) is 62.2 Å². The maximum absolute atomic E-state index is 14.0. The van der Waals surface area contributed by atoms with E-state index in [1.54, 1.807) is 12.1 Å². The smallest absolute Gasteiger partial charge is 0.126 e. The number of nitrogens with one attached hydrogen (secondary N) is 1. The number of likely N-dealkylation sites (N-methyl/N-ethyl adjacent to an activating group) is 3. The van der Waals surface area contributed by atoms with Crippen molar-refractivity contribution < 1.29 is 4.39 Å². The largest absolute Gasteiger partial charge is 0.312 e. The second-order valence-corrected chi connectivity index (χ2v) is 6.12. The highest BCUT2D eigenvalue weighted by molar-refractivity contribution is 5.19. The minimum Gasteiger partial charge on any atom is -0.312 e. The fourth-order valence-corrected chi connectivity index (χ4v) is 3.25. The number of halogens is 1. The number of hydrogen-bond acceptors (Lipinski definition) is 3. The van der Waals surface area contributed by atoms with Crippen LogP contribution in [0.5, 0.6) is 0 Å². The second-order valence-electron chi connectivity index (χ2n) is 6.12. The van der Waals surface area contributed by atoms with E-state index >= 15 is 0 Å². The standard InChI is InChI=1S/C17H28FN3/c1-4-19-16(12-14-8-5-6-9-15(14)18)17-13-20(2)10-7-11-21(17)3/h5-6,8-9,16-17,19H,4,7,10-13H2,1-3H3. The molecule has 2 unspecified atom stereocenters. The molecule has 0 amide bonds. The Morgan fingerprint density at radius 3 is 2.76 bits per heavy atom. The summed E-state index contributed by atoms with van der Waals surface area (Å²) < 4.78 is 14.0. The summed E-state index contributed by atoms with van der Waals surface area (Å²) in [6.45, 7) is 6.30. The van der Waals surface area contributed by atoms with Crippen molar-refractivity contribution >= 4 is 0 Å². The van der Waals surface area contributed by atoms with Gasteiger partial charge in [0.05, 0.1) is 0 Å². The fraction of sp³-hybridized carbons (Fsp3) is 0.647. The Bertz CT molecular complexity index is 438. The van der Waals surface area contributed by atoms with Gasteiger partial charge in [0.25, 0.3) is 0 Å². The summed E-state index contributed by atoms with van der Waals surface area (Å²) >= 11 is 0. The van der Waals surface area contributed by atoms with Gasteiger partial charge in [-0.1, -0.05) is 25.1 Å².